The van der Waals surface area contributed by atoms with Gasteiger partial charge in [0.05, 0.1) is 6.61 Å². The maximum atomic E-state index is 12.8. The molecule has 1 atom stereocenters. The number of nitrogens with two attached hydrogens (primary N) is 1. The molecule has 0 amide bonds. The van der Waals surface area contributed by atoms with Crippen LogP contribution in [-0.4, -0.2) is 19.8 Å². The van der Waals surface area contributed by atoms with Crippen molar-refractivity contribution < 1.29 is 13.5 Å². The average Bonchev–Trinajstić information content (AvgIpc) is 2.80. The number of benzene rings is 1. The van der Waals surface area contributed by atoms with Crippen LogP contribution >= 0.6 is 0 Å². The molecule has 1 saturated heterocycles. The number of halogens is 2. The van der Waals surface area contributed by atoms with E-state index in [4.69, 9.17) is 10.5 Å². The van der Waals surface area contributed by atoms with Gasteiger partial charge in [-0.3, -0.25) is 0 Å². The molecule has 0 spiro atoms. The Morgan fingerprint density at radius 2 is 2.29 bits per heavy atom. The highest BCUT2D eigenvalue weighted by Gasteiger charge is 2.17. The molecule has 1 unspecified atom stereocenters. The molecule has 1 aliphatic rings. The van der Waals surface area contributed by atoms with Crippen LogP contribution in [0.5, 0.6) is 0 Å². The van der Waals surface area contributed by atoms with Crippen molar-refractivity contribution >= 4 is 11.4 Å². The number of ether oxygens (including phenoxy) is 1. The molecule has 94 valence electrons. The SMILES string of the molecule is Nc1ccc(NCC2CCOC2)c(C(F)F)c1. The first-order valence-corrected chi connectivity index (χ1v) is 5.66. The van der Waals surface area contributed by atoms with Crippen molar-refractivity contribution in [1.29, 1.82) is 0 Å². The van der Waals surface area contributed by atoms with Crippen molar-refractivity contribution in [3.63, 3.8) is 0 Å². The molecule has 17 heavy (non-hydrogen) atoms. The number of hydrogen-bond acceptors (Lipinski definition) is 3. The Morgan fingerprint density at radius 3 is 2.94 bits per heavy atom. The smallest absolute Gasteiger partial charge is 0.265 e. The standard InChI is InChI=1S/C12H16F2N2O/c13-12(14)10-5-9(15)1-2-11(10)16-6-8-3-4-17-7-8/h1-2,5,8,12,16H,3-4,6-7,15H2. The van der Waals surface area contributed by atoms with Gasteiger partial charge >= 0.3 is 0 Å². The molecule has 1 heterocycles. The van der Waals surface area contributed by atoms with E-state index in [1.807, 2.05) is 0 Å². The van der Waals surface area contributed by atoms with E-state index in [1.54, 1.807) is 12.1 Å². The Kier molecular flexibility index (Phi) is 3.78. The van der Waals surface area contributed by atoms with E-state index in [0.717, 1.165) is 13.0 Å². The van der Waals surface area contributed by atoms with E-state index in [0.29, 0.717) is 30.4 Å². The summed E-state index contributed by atoms with van der Waals surface area (Å²) < 4.78 is 30.8. The largest absolute Gasteiger partial charge is 0.399 e. The van der Waals surface area contributed by atoms with Crippen LogP contribution in [0.1, 0.15) is 18.4 Å². The van der Waals surface area contributed by atoms with E-state index in [2.05, 4.69) is 5.32 Å². The molecule has 0 radical (unpaired) electrons. The van der Waals surface area contributed by atoms with Gasteiger partial charge in [-0.15, -0.1) is 0 Å². The van der Waals surface area contributed by atoms with Gasteiger partial charge in [0.1, 0.15) is 0 Å². The van der Waals surface area contributed by atoms with Crippen molar-refractivity contribution in [3.8, 4) is 0 Å². The molecule has 0 aromatic heterocycles. The minimum Gasteiger partial charge on any atom is -0.399 e. The molecule has 0 bridgehead atoms. The molecule has 0 saturated carbocycles. The zero-order valence-corrected chi connectivity index (χ0v) is 9.46. The molecule has 3 nitrogen and oxygen atoms in total. The summed E-state index contributed by atoms with van der Waals surface area (Å²) in [5.41, 5.74) is 6.28. The maximum Gasteiger partial charge on any atom is 0.265 e. The first-order valence-electron chi connectivity index (χ1n) is 5.66. The van der Waals surface area contributed by atoms with Crippen molar-refractivity contribution in [1.82, 2.24) is 0 Å². The summed E-state index contributed by atoms with van der Waals surface area (Å²) in [5, 5.41) is 3.05. The monoisotopic (exact) mass is 242 g/mol. The molecule has 2 rings (SSSR count). The molecule has 3 N–H and O–H groups in total. The Morgan fingerprint density at radius 1 is 1.47 bits per heavy atom. The second-order valence-corrected chi connectivity index (χ2v) is 4.26. The molecule has 1 aromatic rings. The van der Waals surface area contributed by atoms with E-state index in [-0.39, 0.29) is 5.56 Å². The van der Waals surface area contributed by atoms with E-state index in [9.17, 15) is 8.78 Å². The van der Waals surface area contributed by atoms with Crippen LogP contribution in [-0.2, 0) is 4.74 Å². The predicted octanol–water partition coefficient (Wildman–Crippen LogP) is 2.65. The lowest BCUT2D eigenvalue weighted by Crippen LogP contribution is -2.15. The van der Waals surface area contributed by atoms with Crippen LogP contribution in [0.4, 0.5) is 20.2 Å². The van der Waals surface area contributed by atoms with E-state index in [1.165, 1.54) is 6.07 Å². The summed E-state index contributed by atoms with van der Waals surface area (Å²) in [7, 11) is 0. The van der Waals surface area contributed by atoms with E-state index < -0.39 is 6.43 Å². The Balaban J connectivity index is 2.03. The Bertz CT molecular complexity index is 379. The van der Waals surface area contributed by atoms with Gasteiger partial charge in [-0.2, -0.15) is 0 Å². The van der Waals surface area contributed by atoms with Crippen LogP contribution in [0.15, 0.2) is 18.2 Å². The third kappa shape index (κ3) is 3.06. The lowest BCUT2D eigenvalue weighted by molar-refractivity contribution is 0.152. The molecular weight excluding hydrogens is 226 g/mol. The highest BCUT2D eigenvalue weighted by atomic mass is 19.3. The molecular formula is C12H16F2N2O. The van der Waals surface area contributed by atoms with Crippen LogP contribution in [0.3, 0.4) is 0 Å². The second kappa shape index (κ2) is 5.31. The minimum absolute atomic E-state index is 0.0380. The minimum atomic E-state index is -2.51. The number of alkyl halides is 2. The summed E-state index contributed by atoms with van der Waals surface area (Å²) in [6.45, 7) is 2.12. The summed E-state index contributed by atoms with van der Waals surface area (Å²) in [6, 6.07) is 4.55. The Hall–Kier alpha value is -1.36. The fourth-order valence-electron chi connectivity index (χ4n) is 1.92. The van der Waals surface area contributed by atoms with Crippen LogP contribution < -0.4 is 11.1 Å². The topological polar surface area (TPSA) is 47.3 Å². The molecule has 1 aliphatic heterocycles. The van der Waals surface area contributed by atoms with Gasteiger partial charge in [0.15, 0.2) is 0 Å². The van der Waals surface area contributed by atoms with Gasteiger partial charge in [-0.1, -0.05) is 0 Å². The summed E-state index contributed by atoms with van der Waals surface area (Å²) in [5.74, 6) is 0.401. The average molecular weight is 242 g/mol. The highest BCUT2D eigenvalue weighted by molar-refractivity contribution is 5.58. The van der Waals surface area contributed by atoms with Gasteiger partial charge in [-0.05, 0) is 24.6 Å². The fourth-order valence-corrected chi connectivity index (χ4v) is 1.92. The summed E-state index contributed by atoms with van der Waals surface area (Å²) in [4.78, 5) is 0. The zero-order valence-electron chi connectivity index (χ0n) is 9.46. The third-order valence-corrected chi connectivity index (χ3v) is 2.92. The summed E-state index contributed by atoms with van der Waals surface area (Å²) in [6.07, 6.45) is -1.53. The van der Waals surface area contributed by atoms with Gasteiger partial charge in [0.25, 0.3) is 6.43 Å². The van der Waals surface area contributed by atoms with Gasteiger partial charge in [0, 0.05) is 36.0 Å². The first kappa shape index (κ1) is 12.1. The second-order valence-electron chi connectivity index (χ2n) is 4.26. The molecule has 5 heteroatoms. The number of nitrogens with one attached hydrogen (secondary N) is 1. The first-order chi connectivity index (χ1) is 8.16. The van der Waals surface area contributed by atoms with Crippen LogP contribution in [0, 0.1) is 5.92 Å². The van der Waals surface area contributed by atoms with Crippen molar-refractivity contribution in [2.24, 2.45) is 5.92 Å². The molecule has 0 aliphatic carbocycles. The normalized spacial score (nSPS) is 19.8. The lowest BCUT2D eigenvalue weighted by atomic mass is 10.1. The van der Waals surface area contributed by atoms with Gasteiger partial charge in [-0.25, -0.2) is 8.78 Å². The van der Waals surface area contributed by atoms with Gasteiger partial charge in [0.2, 0.25) is 0 Å². The van der Waals surface area contributed by atoms with Crippen LogP contribution in [0.25, 0.3) is 0 Å². The van der Waals surface area contributed by atoms with Gasteiger partial charge < -0.3 is 15.8 Å². The predicted molar refractivity (Wildman–Crippen MR) is 63.2 cm³/mol. The lowest BCUT2D eigenvalue weighted by Gasteiger charge is -2.14. The fraction of sp³-hybridized carbons (Fsp3) is 0.500. The third-order valence-electron chi connectivity index (χ3n) is 2.92. The number of nitrogen functional groups attached to an aromatic ring is 1. The number of hydrogen-bond donors (Lipinski definition) is 2. The maximum absolute atomic E-state index is 12.8. The number of anilines is 2. The van der Waals surface area contributed by atoms with Crippen molar-refractivity contribution in [2.45, 2.75) is 12.8 Å². The van der Waals surface area contributed by atoms with Crippen molar-refractivity contribution in [2.75, 3.05) is 30.8 Å². The molecule has 1 aromatic carbocycles. The van der Waals surface area contributed by atoms with E-state index >= 15 is 0 Å². The zero-order chi connectivity index (χ0) is 12.3. The quantitative estimate of drug-likeness (QED) is 0.798. The Labute approximate surface area is 98.9 Å². The van der Waals surface area contributed by atoms with Crippen LogP contribution in [0.2, 0.25) is 0 Å². The number of rotatable bonds is 4. The highest BCUT2D eigenvalue weighted by Crippen LogP contribution is 2.29. The molecule has 1 fully saturated rings. The van der Waals surface area contributed by atoms with Crippen molar-refractivity contribution in [3.05, 3.63) is 23.8 Å². The summed E-state index contributed by atoms with van der Waals surface area (Å²) >= 11 is 0.